The van der Waals surface area contributed by atoms with Crippen molar-refractivity contribution in [1.29, 1.82) is 0 Å². The summed E-state index contributed by atoms with van der Waals surface area (Å²) in [5.74, 6) is -3.47. The number of carbonyl (C=O) groups is 3. The summed E-state index contributed by atoms with van der Waals surface area (Å²) >= 11 is 0. The number of Topliss-reactive ketones (excluding diaryl/α,β-unsaturated/α-hetero) is 1. The summed E-state index contributed by atoms with van der Waals surface area (Å²) < 4.78 is 23.3. The standard InChI is InChI=1S/C33H41NO12/c1-14(2)13-44-16(4)34-19-9-23(45-15(3)28(19)37)46-21-11-33(42,22(36)12-35)10-18-25(21)32(41)27-26(30(18)39)29(38)17-7-6-8-20(43-5)24(17)31(27)40/h6-8,14-16,19,21,23,28,34-35,37,39,41-42H,9-13H2,1-5H3/t15?,16?,19?,21-,23?,28?,33-/m0/s1. The normalized spacial score (nSPS) is 28.0. The van der Waals surface area contributed by atoms with E-state index < -0.39 is 102 Å². The van der Waals surface area contributed by atoms with Gasteiger partial charge in [0.15, 0.2) is 17.9 Å². The first-order valence-electron chi connectivity index (χ1n) is 15.3. The fraction of sp³-hybridized carbons (Fsp3) is 0.545. The molecular weight excluding hydrogens is 602 g/mol. The molecular formula is C33H41NO12. The highest BCUT2D eigenvalue weighted by molar-refractivity contribution is 6.31. The Kier molecular flexibility index (Phi) is 9.58. The predicted molar refractivity (Wildman–Crippen MR) is 161 cm³/mol. The molecule has 0 bridgehead atoms. The summed E-state index contributed by atoms with van der Waals surface area (Å²) in [6.07, 6.45) is -5.49. The van der Waals surface area contributed by atoms with Crippen molar-refractivity contribution in [2.75, 3.05) is 20.3 Å². The van der Waals surface area contributed by atoms with Gasteiger partial charge in [-0.15, -0.1) is 0 Å². The van der Waals surface area contributed by atoms with Crippen LogP contribution in [-0.4, -0.2) is 99.6 Å². The predicted octanol–water partition coefficient (Wildman–Crippen LogP) is 1.65. The largest absolute Gasteiger partial charge is 0.507 e. The zero-order chi connectivity index (χ0) is 33.7. The van der Waals surface area contributed by atoms with Gasteiger partial charge in [-0.05, 0) is 25.8 Å². The summed E-state index contributed by atoms with van der Waals surface area (Å²) in [6, 6.07) is 3.83. The molecule has 2 aromatic rings. The number of phenols is 2. The first-order chi connectivity index (χ1) is 21.7. The van der Waals surface area contributed by atoms with Crippen molar-refractivity contribution >= 4 is 17.3 Å². The molecule has 7 atom stereocenters. The number of fused-ring (bicyclic) bond motifs is 3. The highest BCUT2D eigenvalue weighted by atomic mass is 16.7. The van der Waals surface area contributed by atoms with Crippen LogP contribution in [0.5, 0.6) is 17.2 Å². The van der Waals surface area contributed by atoms with Crippen molar-refractivity contribution in [3.05, 3.63) is 51.6 Å². The van der Waals surface area contributed by atoms with E-state index in [2.05, 4.69) is 5.32 Å². The van der Waals surface area contributed by atoms with E-state index in [1.54, 1.807) is 13.8 Å². The first-order valence-corrected chi connectivity index (χ1v) is 15.3. The van der Waals surface area contributed by atoms with Crippen LogP contribution in [0.2, 0.25) is 0 Å². The number of hydrogen-bond acceptors (Lipinski definition) is 13. The summed E-state index contributed by atoms with van der Waals surface area (Å²) in [5, 5.41) is 58.4. The van der Waals surface area contributed by atoms with E-state index in [0.717, 1.165) is 0 Å². The zero-order valence-electron chi connectivity index (χ0n) is 26.4. The third kappa shape index (κ3) is 5.92. The number of nitrogens with one attached hydrogen (secondary N) is 1. The minimum Gasteiger partial charge on any atom is -0.507 e. The van der Waals surface area contributed by atoms with Crippen LogP contribution in [0.4, 0.5) is 0 Å². The van der Waals surface area contributed by atoms with Crippen molar-refractivity contribution in [1.82, 2.24) is 5.32 Å². The topological polar surface area (TPSA) is 201 Å². The van der Waals surface area contributed by atoms with E-state index in [-0.39, 0.29) is 40.3 Å². The molecule has 5 unspecified atom stereocenters. The Morgan fingerprint density at radius 1 is 1.11 bits per heavy atom. The van der Waals surface area contributed by atoms with E-state index in [4.69, 9.17) is 18.9 Å². The highest BCUT2D eigenvalue weighted by Gasteiger charge is 2.50. The average molecular weight is 644 g/mol. The van der Waals surface area contributed by atoms with Crippen molar-refractivity contribution in [3.8, 4) is 17.2 Å². The first kappa shape index (κ1) is 33.9. The molecule has 0 amide bonds. The van der Waals surface area contributed by atoms with E-state index in [9.17, 15) is 39.9 Å². The molecule has 0 radical (unpaired) electrons. The second kappa shape index (κ2) is 13.0. The lowest BCUT2D eigenvalue weighted by atomic mass is 9.72. The summed E-state index contributed by atoms with van der Waals surface area (Å²) in [6.45, 7) is 6.93. The lowest BCUT2D eigenvalue weighted by Crippen LogP contribution is -2.56. The Morgan fingerprint density at radius 2 is 1.80 bits per heavy atom. The fourth-order valence-corrected chi connectivity index (χ4v) is 6.57. The van der Waals surface area contributed by atoms with Gasteiger partial charge in [-0.3, -0.25) is 19.7 Å². The maximum Gasteiger partial charge on any atom is 0.202 e. The van der Waals surface area contributed by atoms with Crippen LogP contribution >= 0.6 is 0 Å². The average Bonchev–Trinajstić information content (AvgIpc) is 3.01. The molecule has 3 aliphatic rings. The number of ketones is 3. The van der Waals surface area contributed by atoms with Gasteiger partial charge in [0.25, 0.3) is 0 Å². The van der Waals surface area contributed by atoms with Crippen molar-refractivity contribution in [2.24, 2.45) is 5.92 Å². The third-order valence-corrected chi connectivity index (χ3v) is 8.89. The number of ether oxygens (including phenoxy) is 4. The summed E-state index contributed by atoms with van der Waals surface area (Å²) in [5.41, 5.74) is -3.63. The molecule has 250 valence electrons. The van der Waals surface area contributed by atoms with Gasteiger partial charge >= 0.3 is 0 Å². The molecule has 0 saturated carbocycles. The molecule has 2 aromatic carbocycles. The summed E-state index contributed by atoms with van der Waals surface area (Å²) in [7, 11) is 1.33. The molecule has 0 aromatic heterocycles. The van der Waals surface area contributed by atoms with Crippen molar-refractivity contribution < 1.29 is 58.9 Å². The molecule has 6 N–H and O–H groups in total. The van der Waals surface area contributed by atoms with Gasteiger partial charge in [0.05, 0.1) is 48.7 Å². The molecule has 13 heteroatoms. The Labute approximate surface area is 266 Å². The van der Waals surface area contributed by atoms with Crippen molar-refractivity contribution in [2.45, 2.75) is 89.4 Å². The van der Waals surface area contributed by atoms with Crippen LogP contribution in [0.3, 0.4) is 0 Å². The van der Waals surface area contributed by atoms with Gasteiger partial charge < -0.3 is 44.5 Å². The molecule has 1 heterocycles. The van der Waals surface area contributed by atoms with Gasteiger partial charge in [-0.25, -0.2) is 0 Å². The van der Waals surface area contributed by atoms with Crippen LogP contribution in [-0.2, 0) is 25.4 Å². The fourth-order valence-electron chi connectivity index (χ4n) is 6.57. The zero-order valence-corrected chi connectivity index (χ0v) is 26.4. The molecule has 1 fully saturated rings. The molecule has 46 heavy (non-hydrogen) atoms. The molecule has 2 aliphatic carbocycles. The number of carbonyl (C=O) groups excluding carboxylic acids is 3. The minimum absolute atomic E-state index is 0.0508. The van der Waals surface area contributed by atoms with Crippen LogP contribution < -0.4 is 10.1 Å². The van der Waals surface area contributed by atoms with Crippen LogP contribution in [0.25, 0.3) is 0 Å². The monoisotopic (exact) mass is 643 g/mol. The van der Waals surface area contributed by atoms with E-state index in [0.29, 0.717) is 6.61 Å². The molecule has 0 spiro atoms. The number of phenolic OH excluding ortho intramolecular Hbond substituents is 2. The number of aliphatic hydroxyl groups is 3. The maximum atomic E-state index is 13.8. The second-order valence-corrected chi connectivity index (χ2v) is 12.6. The van der Waals surface area contributed by atoms with Crippen LogP contribution in [0.15, 0.2) is 18.2 Å². The number of rotatable bonds is 10. The lowest BCUT2D eigenvalue weighted by molar-refractivity contribution is -0.251. The molecule has 1 saturated heterocycles. The Hall–Kier alpha value is -3.43. The van der Waals surface area contributed by atoms with Gasteiger partial charge in [-0.1, -0.05) is 26.0 Å². The smallest absolute Gasteiger partial charge is 0.202 e. The quantitative estimate of drug-likeness (QED) is 0.138. The van der Waals surface area contributed by atoms with Crippen LogP contribution in [0, 0.1) is 5.92 Å². The van der Waals surface area contributed by atoms with Gasteiger partial charge in [0.2, 0.25) is 5.78 Å². The van der Waals surface area contributed by atoms with Crippen molar-refractivity contribution in [3.63, 3.8) is 0 Å². The molecule has 13 nitrogen and oxygen atoms in total. The van der Waals surface area contributed by atoms with E-state index in [1.807, 2.05) is 13.8 Å². The number of benzene rings is 2. The van der Waals surface area contributed by atoms with Gasteiger partial charge in [0, 0.05) is 42.0 Å². The van der Waals surface area contributed by atoms with Gasteiger partial charge in [-0.2, -0.15) is 0 Å². The number of methoxy groups -OCH3 is 1. The number of aromatic hydroxyl groups is 2. The SMILES string of the molecule is COc1cccc2c1C(=O)c1c(O)c3c(c(O)c1C2=O)C[C@@](O)(C(=O)CO)C[C@@H]3OC1CC(NC(C)OCC(C)C)C(O)C(C)O1. The van der Waals surface area contributed by atoms with E-state index in [1.165, 1.54) is 25.3 Å². The highest BCUT2D eigenvalue weighted by Crippen LogP contribution is 2.52. The number of aliphatic hydroxyl groups excluding tert-OH is 2. The second-order valence-electron chi connectivity index (χ2n) is 12.6. The van der Waals surface area contributed by atoms with Gasteiger partial charge in [0.1, 0.15) is 35.7 Å². The van der Waals surface area contributed by atoms with Crippen LogP contribution in [0.1, 0.15) is 89.6 Å². The third-order valence-electron chi connectivity index (χ3n) is 8.89. The Balaban J connectivity index is 1.56. The maximum absolute atomic E-state index is 13.8. The molecule has 5 rings (SSSR count). The summed E-state index contributed by atoms with van der Waals surface area (Å²) in [4.78, 5) is 40.3. The Morgan fingerprint density at radius 3 is 2.46 bits per heavy atom. The Bertz CT molecular complexity index is 1540. The van der Waals surface area contributed by atoms with E-state index >= 15 is 0 Å². The lowest BCUT2D eigenvalue weighted by Gasteiger charge is -2.43. The number of hydrogen-bond donors (Lipinski definition) is 6. The molecule has 1 aliphatic heterocycles. The minimum atomic E-state index is -2.26.